The molecule has 1 saturated heterocycles. The maximum atomic E-state index is 13.0. The molecule has 1 aliphatic rings. The number of aromatic amines is 1. The molecule has 4 aromatic rings. The second kappa shape index (κ2) is 7.93. The number of nitrogens with one attached hydrogen (secondary N) is 1. The third-order valence-corrected chi connectivity index (χ3v) is 7.16. The van der Waals surface area contributed by atoms with Crippen LogP contribution in [-0.4, -0.2) is 31.6 Å². The van der Waals surface area contributed by atoms with E-state index in [4.69, 9.17) is 4.98 Å². The highest BCUT2D eigenvalue weighted by atomic mass is 32.2. The van der Waals surface area contributed by atoms with Crippen LogP contribution in [0.3, 0.4) is 0 Å². The molecule has 1 atom stereocenters. The minimum atomic E-state index is -1.12. The van der Waals surface area contributed by atoms with Gasteiger partial charge in [-0.25, -0.2) is 13.5 Å². The Kier molecular flexibility index (Phi) is 5.00. The summed E-state index contributed by atoms with van der Waals surface area (Å²) in [5.41, 5.74) is 4.44. The molecule has 29 heavy (non-hydrogen) atoms. The number of benzene rings is 3. The molecule has 0 saturated carbocycles. The van der Waals surface area contributed by atoms with Gasteiger partial charge in [-0.15, -0.1) is 0 Å². The summed E-state index contributed by atoms with van der Waals surface area (Å²) >= 11 is 0. The molecule has 3 aromatic carbocycles. The fourth-order valence-electron chi connectivity index (χ4n) is 4.00. The second-order valence-electron chi connectivity index (χ2n) is 7.48. The smallest absolute Gasteiger partial charge is 0.127 e. The number of aromatic nitrogens is 2. The average Bonchev–Trinajstić information content (AvgIpc) is 3.24. The quantitative estimate of drug-likeness (QED) is 0.515. The van der Waals surface area contributed by atoms with Crippen LogP contribution in [0.15, 0.2) is 83.8 Å². The van der Waals surface area contributed by atoms with Crippen molar-refractivity contribution >= 4 is 22.0 Å². The predicted octanol–water partition coefficient (Wildman–Crippen LogP) is 5.13. The number of rotatable bonds is 4. The summed E-state index contributed by atoms with van der Waals surface area (Å²) in [5.74, 6) is 1.46. The highest BCUT2D eigenvalue weighted by Gasteiger charge is 2.26. The van der Waals surface area contributed by atoms with E-state index in [9.17, 15) is 4.21 Å². The summed E-state index contributed by atoms with van der Waals surface area (Å²) in [6.45, 7) is 1.63. The molecule has 0 radical (unpaired) electrons. The van der Waals surface area contributed by atoms with Gasteiger partial charge in [0.15, 0.2) is 0 Å². The number of H-pyrrole nitrogens is 1. The van der Waals surface area contributed by atoms with E-state index in [1.165, 1.54) is 5.56 Å². The number of hydrogen-bond donors (Lipinski definition) is 1. The lowest BCUT2D eigenvalue weighted by Gasteiger charge is -2.29. The number of fused-ring (bicyclic) bond motifs is 1. The molecule has 0 spiro atoms. The third kappa shape index (κ3) is 3.76. The Bertz CT molecular complexity index is 1100. The lowest BCUT2D eigenvalue weighted by atomic mass is 9.97. The van der Waals surface area contributed by atoms with Gasteiger partial charge in [0, 0.05) is 19.0 Å². The maximum Gasteiger partial charge on any atom is 0.127 e. The van der Waals surface area contributed by atoms with Crippen molar-refractivity contribution in [1.82, 2.24) is 14.3 Å². The van der Waals surface area contributed by atoms with Crippen LogP contribution in [0.4, 0.5) is 0 Å². The fourth-order valence-corrected chi connectivity index (χ4v) is 5.21. The predicted molar refractivity (Wildman–Crippen MR) is 118 cm³/mol. The van der Waals surface area contributed by atoms with E-state index >= 15 is 0 Å². The first kappa shape index (κ1) is 18.3. The minimum absolute atomic E-state index is 0.399. The van der Waals surface area contributed by atoms with Gasteiger partial charge in [0.05, 0.1) is 15.9 Å². The number of para-hydroxylation sites is 2. The van der Waals surface area contributed by atoms with Gasteiger partial charge in [-0.05, 0) is 48.2 Å². The van der Waals surface area contributed by atoms with E-state index in [0.717, 1.165) is 53.2 Å². The first-order valence-electron chi connectivity index (χ1n) is 10.0. The number of imidazole rings is 1. The molecule has 5 heteroatoms. The van der Waals surface area contributed by atoms with Crippen LogP contribution in [0.5, 0.6) is 0 Å². The highest BCUT2D eigenvalue weighted by Crippen LogP contribution is 2.30. The van der Waals surface area contributed by atoms with Crippen molar-refractivity contribution in [2.24, 2.45) is 0 Å². The SMILES string of the molecule is O=S(c1ccc(-c2ccccc2)cc1)N1CCC(c2nc3ccccc3[nH]2)CC1. The topological polar surface area (TPSA) is 49.0 Å². The van der Waals surface area contributed by atoms with Gasteiger partial charge < -0.3 is 4.98 Å². The standard InChI is InChI=1S/C24H23N3OS/c28-29(21-12-10-19(11-13-21)18-6-2-1-3-7-18)27-16-14-20(15-17-27)24-25-22-8-4-5-9-23(22)26-24/h1-13,20H,14-17H2,(H,25,26). The Morgan fingerprint density at radius 2 is 1.48 bits per heavy atom. The van der Waals surface area contributed by atoms with Crippen LogP contribution in [0, 0.1) is 0 Å². The molecule has 5 rings (SSSR count). The van der Waals surface area contributed by atoms with Gasteiger partial charge in [0.2, 0.25) is 0 Å². The number of hydrogen-bond acceptors (Lipinski definition) is 2. The van der Waals surface area contributed by atoms with Crippen LogP contribution >= 0.6 is 0 Å². The monoisotopic (exact) mass is 401 g/mol. The molecular formula is C24H23N3OS. The van der Waals surface area contributed by atoms with Gasteiger partial charge in [0.1, 0.15) is 16.8 Å². The highest BCUT2D eigenvalue weighted by molar-refractivity contribution is 7.82. The van der Waals surface area contributed by atoms with Gasteiger partial charge in [0.25, 0.3) is 0 Å². The summed E-state index contributed by atoms with van der Waals surface area (Å²) < 4.78 is 15.1. The molecule has 1 unspecified atom stereocenters. The molecule has 0 bridgehead atoms. The molecule has 4 nitrogen and oxygen atoms in total. The summed E-state index contributed by atoms with van der Waals surface area (Å²) in [5, 5.41) is 0. The molecule has 1 aromatic heterocycles. The summed E-state index contributed by atoms with van der Waals surface area (Å²) in [6.07, 6.45) is 1.93. The Morgan fingerprint density at radius 1 is 0.828 bits per heavy atom. The number of nitrogens with zero attached hydrogens (tertiary/aromatic N) is 2. The Hall–Kier alpha value is -2.76. The number of piperidine rings is 1. The zero-order valence-corrected chi connectivity index (χ0v) is 16.9. The second-order valence-corrected chi connectivity index (χ2v) is 8.97. The molecule has 146 valence electrons. The minimum Gasteiger partial charge on any atom is -0.342 e. The average molecular weight is 402 g/mol. The van der Waals surface area contributed by atoms with E-state index < -0.39 is 11.0 Å². The van der Waals surface area contributed by atoms with Gasteiger partial charge in [-0.1, -0.05) is 54.6 Å². The van der Waals surface area contributed by atoms with Crippen molar-refractivity contribution in [2.45, 2.75) is 23.7 Å². The lowest BCUT2D eigenvalue weighted by molar-refractivity contribution is 0.328. The zero-order valence-electron chi connectivity index (χ0n) is 16.1. The van der Waals surface area contributed by atoms with Crippen molar-refractivity contribution in [2.75, 3.05) is 13.1 Å². The van der Waals surface area contributed by atoms with Gasteiger partial charge in [-0.2, -0.15) is 0 Å². The van der Waals surface area contributed by atoms with Crippen LogP contribution in [0.2, 0.25) is 0 Å². The van der Waals surface area contributed by atoms with E-state index in [-0.39, 0.29) is 0 Å². The largest absolute Gasteiger partial charge is 0.342 e. The molecule has 2 heterocycles. The van der Waals surface area contributed by atoms with E-state index in [1.54, 1.807) is 0 Å². The molecule has 1 N–H and O–H groups in total. The maximum absolute atomic E-state index is 13.0. The molecular weight excluding hydrogens is 378 g/mol. The summed E-state index contributed by atoms with van der Waals surface area (Å²) in [6, 6.07) is 26.5. The van der Waals surface area contributed by atoms with Crippen molar-refractivity contribution < 1.29 is 4.21 Å². The van der Waals surface area contributed by atoms with Gasteiger partial charge in [-0.3, -0.25) is 0 Å². The molecule has 0 amide bonds. The van der Waals surface area contributed by atoms with Crippen molar-refractivity contribution in [3.05, 3.63) is 84.7 Å². The Balaban J connectivity index is 1.25. The van der Waals surface area contributed by atoms with Gasteiger partial charge >= 0.3 is 0 Å². The van der Waals surface area contributed by atoms with Crippen molar-refractivity contribution in [1.29, 1.82) is 0 Å². The zero-order chi connectivity index (χ0) is 19.6. The van der Waals surface area contributed by atoms with Crippen molar-refractivity contribution in [3.63, 3.8) is 0 Å². The lowest BCUT2D eigenvalue weighted by Crippen LogP contribution is -2.34. The molecule has 1 aliphatic heterocycles. The third-order valence-electron chi connectivity index (χ3n) is 5.65. The normalized spacial score (nSPS) is 16.8. The molecule has 1 fully saturated rings. The fraction of sp³-hybridized carbons (Fsp3) is 0.208. The van der Waals surface area contributed by atoms with E-state index in [0.29, 0.717) is 5.92 Å². The summed E-state index contributed by atoms with van der Waals surface area (Å²) in [7, 11) is -1.12. The van der Waals surface area contributed by atoms with Crippen LogP contribution in [0.1, 0.15) is 24.6 Å². The Labute approximate surface area is 173 Å². The molecule has 0 aliphatic carbocycles. The first-order chi connectivity index (χ1) is 14.3. The van der Waals surface area contributed by atoms with Crippen molar-refractivity contribution in [3.8, 4) is 11.1 Å². The Morgan fingerprint density at radius 3 is 2.21 bits per heavy atom. The summed E-state index contributed by atoms with van der Waals surface area (Å²) in [4.78, 5) is 9.08. The first-order valence-corrected chi connectivity index (χ1v) is 11.2. The van der Waals surface area contributed by atoms with Crippen LogP contribution < -0.4 is 0 Å². The van der Waals surface area contributed by atoms with E-state index in [1.807, 2.05) is 48.5 Å². The van der Waals surface area contributed by atoms with Crippen LogP contribution in [-0.2, 0) is 11.0 Å². The van der Waals surface area contributed by atoms with Crippen LogP contribution in [0.25, 0.3) is 22.2 Å². The van der Waals surface area contributed by atoms with E-state index in [2.05, 4.69) is 39.6 Å².